The molecule has 1 saturated heterocycles. The molecular weight excluding hydrogens is 520 g/mol. The summed E-state index contributed by atoms with van der Waals surface area (Å²) < 4.78 is 79.3. The highest BCUT2D eigenvalue weighted by Gasteiger charge is 2.48. The van der Waals surface area contributed by atoms with E-state index in [1.165, 1.54) is 4.90 Å². The molecule has 1 atom stereocenters. The van der Waals surface area contributed by atoms with E-state index >= 15 is 0 Å². The minimum atomic E-state index is -5.22. The average Bonchev–Trinajstić information content (AvgIpc) is 3.38. The molecule has 2 aliphatic rings. The topological polar surface area (TPSA) is 107 Å². The quantitative estimate of drug-likeness (QED) is 0.338. The molecular formula is C24H19F6N5O3. The molecule has 2 aliphatic heterocycles. The largest absolute Gasteiger partial charge is 0.417 e. The number of aromatic amines is 1. The lowest BCUT2D eigenvalue weighted by Crippen LogP contribution is -2.61. The molecule has 0 spiro atoms. The van der Waals surface area contributed by atoms with Crippen molar-refractivity contribution < 1.29 is 40.7 Å². The number of H-pyrrole nitrogens is 1. The van der Waals surface area contributed by atoms with Crippen LogP contribution in [0.3, 0.4) is 0 Å². The zero-order valence-corrected chi connectivity index (χ0v) is 19.6. The molecule has 38 heavy (non-hydrogen) atoms. The summed E-state index contributed by atoms with van der Waals surface area (Å²) in [5, 5.41) is 5.10. The van der Waals surface area contributed by atoms with Crippen molar-refractivity contribution >= 4 is 34.7 Å². The van der Waals surface area contributed by atoms with Gasteiger partial charge in [-0.25, -0.2) is 4.98 Å². The molecule has 1 aromatic heterocycles. The fourth-order valence-corrected chi connectivity index (χ4v) is 4.73. The standard InChI is InChI=1S/C24H19F6N5O3/c1-22(5-4-18(36)34-20(22)38)35-10-12-6-11(2-3-13(12)19(35)37)9-31-21-32-16-7-14(23(25,26)27)15(24(28,29)30)8-17(16)33-21/h2-3,6-8H,4-5,9-10H2,1H3,(H2,31,32,33)(H,34,36,38). The van der Waals surface area contributed by atoms with Crippen molar-refractivity contribution in [1.29, 1.82) is 0 Å². The number of rotatable bonds is 4. The molecule has 3 aromatic rings. The number of fused-ring (bicyclic) bond motifs is 2. The fraction of sp³-hybridized carbons (Fsp3) is 0.333. The summed E-state index contributed by atoms with van der Waals surface area (Å²) in [6.07, 6.45) is -10.1. The first kappa shape index (κ1) is 25.5. The van der Waals surface area contributed by atoms with Crippen LogP contribution >= 0.6 is 0 Å². The van der Waals surface area contributed by atoms with Crippen molar-refractivity contribution in [3.63, 3.8) is 0 Å². The van der Waals surface area contributed by atoms with E-state index in [0.717, 1.165) is 0 Å². The minimum Gasteiger partial charge on any atom is -0.352 e. The number of nitrogens with one attached hydrogen (secondary N) is 3. The van der Waals surface area contributed by atoms with E-state index in [1.807, 2.05) is 0 Å². The van der Waals surface area contributed by atoms with Crippen molar-refractivity contribution in [3.05, 3.63) is 58.1 Å². The number of hydrogen-bond acceptors (Lipinski definition) is 5. The van der Waals surface area contributed by atoms with Gasteiger partial charge in [0.05, 0.1) is 22.2 Å². The lowest BCUT2D eigenvalue weighted by atomic mass is 9.89. The van der Waals surface area contributed by atoms with Gasteiger partial charge in [-0.3, -0.25) is 19.7 Å². The molecule has 8 nitrogen and oxygen atoms in total. The van der Waals surface area contributed by atoms with E-state index in [9.17, 15) is 40.7 Å². The predicted octanol–water partition coefficient (Wildman–Crippen LogP) is 4.36. The van der Waals surface area contributed by atoms with E-state index in [4.69, 9.17) is 0 Å². The van der Waals surface area contributed by atoms with E-state index in [1.54, 1.807) is 25.1 Å². The van der Waals surface area contributed by atoms with Crippen molar-refractivity contribution in [2.24, 2.45) is 0 Å². The molecule has 1 unspecified atom stereocenters. The normalized spacial score (nSPS) is 20.2. The Morgan fingerprint density at radius 2 is 1.71 bits per heavy atom. The molecule has 3 heterocycles. The zero-order chi connectivity index (χ0) is 27.6. The van der Waals surface area contributed by atoms with E-state index in [2.05, 4.69) is 20.6 Å². The highest BCUT2D eigenvalue weighted by molar-refractivity contribution is 6.07. The maximum absolute atomic E-state index is 13.2. The second kappa shape index (κ2) is 8.46. The zero-order valence-electron chi connectivity index (χ0n) is 19.6. The SMILES string of the molecule is CC1(N2Cc3cc(CNc4nc5cc(C(F)(F)F)c(C(F)(F)F)cc5[nH]4)ccc3C2=O)CCC(=O)NC1=O. The first-order valence-electron chi connectivity index (χ1n) is 11.4. The average molecular weight is 539 g/mol. The molecule has 0 aliphatic carbocycles. The summed E-state index contributed by atoms with van der Waals surface area (Å²) in [6, 6.07) is 5.65. The Morgan fingerprint density at radius 3 is 2.37 bits per heavy atom. The highest BCUT2D eigenvalue weighted by atomic mass is 19.4. The minimum absolute atomic E-state index is 0.0401. The number of imide groups is 1. The van der Waals surface area contributed by atoms with E-state index < -0.39 is 40.8 Å². The number of alkyl halides is 6. The van der Waals surface area contributed by atoms with Gasteiger partial charge in [-0.05, 0) is 42.7 Å². The Hall–Kier alpha value is -4.10. The summed E-state index contributed by atoms with van der Waals surface area (Å²) >= 11 is 0. The van der Waals surface area contributed by atoms with Crippen molar-refractivity contribution in [3.8, 4) is 0 Å². The first-order valence-corrected chi connectivity index (χ1v) is 11.4. The van der Waals surface area contributed by atoms with Crippen LogP contribution in [0.1, 0.15) is 52.4 Å². The second-order valence-electron chi connectivity index (χ2n) is 9.38. The predicted molar refractivity (Wildman–Crippen MR) is 121 cm³/mol. The summed E-state index contributed by atoms with van der Waals surface area (Å²) in [7, 11) is 0. The van der Waals surface area contributed by atoms with Crippen LogP contribution in [0.5, 0.6) is 0 Å². The third-order valence-electron chi connectivity index (χ3n) is 6.84. The summed E-state index contributed by atoms with van der Waals surface area (Å²) in [4.78, 5) is 44.9. The number of hydrogen-bond donors (Lipinski definition) is 3. The van der Waals surface area contributed by atoms with Crippen molar-refractivity contribution in [2.45, 2.75) is 50.7 Å². The van der Waals surface area contributed by atoms with Gasteiger partial charge >= 0.3 is 12.4 Å². The van der Waals surface area contributed by atoms with Crippen LogP contribution in [-0.4, -0.2) is 38.1 Å². The molecule has 0 bridgehead atoms. The molecule has 200 valence electrons. The number of imidazole rings is 1. The number of amides is 3. The van der Waals surface area contributed by atoms with Gasteiger partial charge in [0.2, 0.25) is 11.9 Å². The number of piperidine rings is 1. The number of carbonyl (C=O) groups excluding carboxylic acids is 3. The fourth-order valence-electron chi connectivity index (χ4n) is 4.73. The van der Waals surface area contributed by atoms with Crippen LogP contribution in [0.4, 0.5) is 32.3 Å². The van der Waals surface area contributed by atoms with Crippen LogP contribution in [0, 0.1) is 0 Å². The number of nitrogens with zero attached hydrogens (tertiary/aromatic N) is 2. The number of halogens is 6. The van der Waals surface area contributed by atoms with Crippen LogP contribution in [0.2, 0.25) is 0 Å². The van der Waals surface area contributed by atoms with E-state index in [0.29, 0.717) is 28.8 Å². The maximum atomic E-state index is 13.2. The number of aromatic nitrogens is 2. The lowest BCUT2D eigenvalue weighted by molar-refractivity contribution is -0.161. The van der Waals surface area contributed by atoms with Gasteiger partial charge in [0.1, 0.15) is 5.54 Å². The van der Waals surface area contributed by atoms with E-state index in [-0.39, 0.29) is 48.8 Å². The van der Waals surface area contributed by atoms with Crippen LogP contribution in [0.15, 0.2) is 30.3 Å². The highest BCUT2D eigenvalue weighted by Crippen LogP contribution is 2.42. The third kappa shape index (κ3) is 4.33. The second-order valence-corrected chi connectivity index (χ2v) is 9.38. The molecule has 3 amide bonds. The van der Waals surface area contributed by atoms with Gasteiger partial charge in [0.25, 0.3) is 11.8 Å². The molecule has 5 rings (SSSR count). The summed E-state index contributed by atoms with van der Waals surface area (Å²) in [6.45, 7) is 1.81. The Kier molecular flexibility index (Phi) is 5.69. The monoisotopic (exact) mass is 539 g/mol. The Labute approximate surface area is 210 Å². The van der Waals surface area contributed by atoms with Gasteiger partial charge < -0.3 is 15.2 Å². The molecule has 0 saturated carbocycles. The Bertz CT molecular complexity index is 1440. The van der Waals surface area contributed by atoms with Crippen LogP contribution in [-0.2, 0) is 35.0 Å². The molecule has 3 N–H and O–H groups in total. The Balaban J connectivity index is 1.35. The molecule has 0 radical (unpaired) electrons. The van der Waals surface area contributed by atoms with Gasteiger partial charge in [0.15, 0.2) is 0 Å². The van der Waals surface area contributed by atoms with Gasteiger partial charge in [0, 0.05) is 25.1 Å². The third-order valence-corrected chi connectivity index (χ3v) is 6.84. The molecule has 14 heteroatoms. The van der Waals surface area contributed by atoms with Crippen molar-refractivity contribution in [1.82, 2.24) is 20.2 Å². The number of carbonyl (C=O) groups is 3. The molecule has 2 aromatic carbocycles. The summed E-state index contributed by atoms with van der Waals surface area (Å²) in [5.41, 5.74) is -3.67. The van der Waals surface area contributed by atoms with Crippen molar-refractivity contribution in [2.75, 3.05) is 5.32 Å². The lowest BCUT2D eigenvalue weighted by Gasteiger charge is -2.39. The number of benzene rings is 2. The van der Waals surface area contributed by atoms with Gasteiger partial charge in [-0.1, -0.05) is 12.1 Å². The van der Waals surface area contributed by atoms with Crippen LogP contribution < -0.4 is 10.6 Å². The van der Waals surface area contributed by atoms with Gasteiger partial charge in [-0.15, -0.1) is 0 Å². The molecule has 1 fully saturated rings. The smallest absolute Gasteiger partial charge is 0.352 e. The number of anilines is 1. The Morgan fingerprint density at radius 1 is 1.03 bits per heavy atom. The summed E-state index contributed by atoms with van der Waals surface area (Å²) in [5.74, 6) is -1.35. The van der Waals surface area contributed by atoms with Gasteiger partial charge in [-0.2, -0.15) is 26.3 Å². The first-order chi connectivity index (χ1) is 17.7. The van der Waals surface area contributed by atoms with Crippen LogP contribution in [0.25, 0.3) is 11.0 Å². The maximum Gasteiger partial charge on any atom is 0.417 e.